The molecule has 142 valence electrons. The van der Waals surface area contributed by atoms with Gasteiger partial charge in [-0.25, -0.2) is 9.97 Å². The molecule has 0 radical (unpaired) electrons. The van der Waals surface area contributed by atoms with E-state index in [-0.39, 0.29) is 18.4 Å². The fourth-order valence-electron chi connectivity index (χ4n) is 2.67. The molecular formula is C20H18N4O4. The fourth-order valence-corrected chi connectivity index (χ4v) is 2.67. The molecule has 0 atom stereocenters. The summed E-state index contributed by atoms with van der Waals surface area (Å²) in [5, 5.41) is 5.91. The summed E-state index contributed by atoms with van der Waals surface area (Å²) in [6.07, 6.45) is 1.54. The molecule has 1 aromatic heterocycles. The first-order valence-corrected chi connectivity index (χ1v) is 8.62. The molecule has 0 saturated carbocycles. The number of nitrogens with zero attached hydrogens (tertiary/aromatic N) is 2. The van der Waals surface area contributed by atoms with Gasteiger partial charge in [0.15, 0.2) is 11.5 Å². The van der Waals surface area contributed by atoms with E-state index >= 15 is 0 Å². The van der Waals surface area contributed by atoms with Gasteiger partial charge in [-0.05, 0) is 48.0 Å². The van der Waals surface area contributed by atoms with Crippen molar-refractivity contribution >= 4 is 17.5 Å². The van der Waals surface area contributed by atoms with Gasteiger partial charge in [0, 0.05) is 18.4 Å². The highest BCUT2D eigenvalue weighted by molar-refractivity contribution is 6.02. The van der Waals surface area contributed by atoms with Crippen LogP contribution in [0.3, 0.4) is 0 Å². The van der Waals surface area contributed by atoms with Gasteiger partial charge in [0.1, 0.15) is 11.4 Å². The summed E-state index contributed by atoms with van der Waals surface area (Å²) in [5.41, 5.74) is 1.90. The SMILES string of the molecule is COc1ccc(NC(=O)c2ccnc(NCc3ccc4c(c3)OCO4)n2)cc1. The molecule has 0 bridgehead atoms. The van der Waals surface area contributed by atoms with Crippen molar-refractivity contribution in [3.8, 4) is 17.2 Å². The van der Waals surface area contributed by atoms with Crippen LogP contribution in [0.1, 0.15) is 16.1 Å². The van der Waals surface area contributed by atoms with Gasteiger partial charge >= 0.3 is 0 Å². The lowest BCUT2D eigenvalue weighted by Gasteiger charge is -2.08. The summed E-state index contributed by atoms with van der Waals surface area (Å²) in [7, 11) is 1.59. The predicted octanol–water partition coefficient (Wildman–Crippen LogP) is 3.08. The van der Waals surface area contributed by atoms with Crippen LogP contribution in [-0.2, 0) is 6.54 Å². The minimum atomic E-state index is -0.321. The maximum Gasteiger partial charge on any atom is 0.274 e. The molecule has 0 saturated heterocycles. The molecule has 0 unspecified atom stereocenters. The van der Waals surface area contributed by atoms with Crippen LogP contribution in [0.4, 0.5) is 11.6 Å². The molecule has 0 fully saturated rings. The Balaban J connectivity index is 1.40. The molecule has 8 nitrogen and oxygen atoms in total. The number of amides is 1. The van der Waals surface area contributed by atoms with E-state index in [0.29, 0.717) is 23.9 Å². The number of methoxy groups -OCH3 is 1. The molecule has 1 aliphatic heterocycles. The monoisotopic (exact) mass is 378 g/mol. The molecule has 3 aromatic rings. The van der Waals surface area contributed by atoms with Crippen molar-refractivity contribution in [3.05, 3.63) is 66.0 Å². The highest BCUT2D eigenvalue weighted by Crippen LogP contribution is 2.32. The minimum Gasteiger partial charge on any atom is -0.497 e. The number of fused-ring (bicyclic) bond motifs is 1. The summed E-state index contributed by atoms with van der Waals surface area (Å²) in [5.74, 6) is 2.21. The highest BCUT2D eigenvalue weighted by atomic mass is 16.7. The summed E-state index contributed by atoms with van der Waals surface area (Å²) >= 11 is 0. The van der Waals surface area contributed by atoms with Crippen molar-refractivity contribution in [3.63, 3.8) is 0 Å². The zero-order valence-corrected chi connectivity index (χ0v) is 15.1. The van der Waals surface area contributed by atoms with E-state index in [1.54, 1.807) is 37.4 Å². The number of nitrogens with one attached hydrogen (secondary N) is 2. The van der Waals surface area contributed by atoms with Gasteiger partial charge in [0.2, 0.25) is 12.7 Å². The lowest BCUT2D eigenvalue weighted by molar-refractivity contribution is 0.102. The Hall–Kier alpha value is -3.81. The molecule has 0 aliphatic carbocycles. The Morgan fingerprint density at radius 2 is 1.93 bits per heavy atom. The molecule has 0 spiro atoms. The summed E-state index contributed by atoms with van der Waals surface area (Å²) in [6, 6.07) is 14.3. The average Bonchev–Trinajstić information content (AvgIpc) is 3.21. The second-order valence-electron chi connectivity index (χ2n) is 5.99. The smallest absolute Gasteiger partial charge is 0.274 e. The van der Waals surface area contributed by atoms with Crippen molar-refractivity contribution < 1.29 is 19.0 Å². The molecule has 2 heterocycles. The van der Waals surface area contributed by atoms with Crippen LogP contribution < -0.4 is 24.8 Å². The second-order valence-corrected chi connectivity index (χ2v) is 5.99. The number of ether oxygens (including phenoxy) is 3. The Labute approximate surface area is 161 Å². The number of carbonyl (C=O) groups is 1. The fraction of sp³-hybridized carbons (Fsp3) is 0.150. The van der Waals surface area contributed by atoms with Gasteiger partial charge in [0.05, 0.1) is 7.11 Å². The summed E-state index contributed by atoms with van der Waals surface area (Å²) in [6.45, 7) is 0.723. The minimum absolute atomic E-state index is 0.237. The van der Waals surface area contributed by atoms with E-state index in [9.17, 15) is 4.79 Å². The first-order chi connectivity index (χ1) is 13.7. The van der Waals surface area contributed by atoms with Gasteiger partial charge in [-0.2, -0.15) is 0 Å². The third-order valence-corrected chi connectivity index (χ3v) is 4.12. The number of hydrogen-bond acceptors (Lipinski definition) is 7. The topological polar surface area (TPSA) is 94.6 Å². The molecule has 1 aliphatic rings. The normalized spacial score (nSPS) is 11.8. The molecule has 8 heteroatoms. The van der Waals surface area contributed by atoms with Crippen LogP contribution in [0.25, 0.3) is 0 Å². The number of benzene rings is 2. The Kier molecular flexibility index (Phi) is 4.92. The molecule has 2 aromatic carbocycles. The van der Waals surface area contributed by atoms with Crippen molar-refractivity contribution in [2.75, 3.05) is 24.5 Å². The first kappa shape index (κ1) is 17.6. The molecule has 4 rings (SSSR count). The number of rotatable bonds is 6. The Morgan fingerprint density at radius 1 is 1.11 bits per heavy atom. The van der Waals surface area contributed by atoms with Gasteiger partial charge in [-0.1, -0.05) is 6.07 Å². The quantitative estimate of drug-likeness (QED) is 0.681. The molecule has 28 heavy (non-hydrogen) atoms. The van der Waals surface area contributed by atoms with E-state index in [1.807, 2.05) is 18.2 Å². The van der Waals surface area contributed by atoms with E-state index < -0.39 is 0 Å². The molecule has 2 N–H and O–H groups in total. The van der Waals surface area contributed by atoms with E-state index in [1.165, 1.54) is 6.20 Å². The Morgan fingerprint density at radius 3 is 2.75 bits per heavy atom. The van der Waals surface area contributed by atoms with Gasteiger partial charge in [-0.3, -0.25) is 4.79 Å². The van der Waals surface area contributed by atoms with Crippen LogP contribution >= 0.6 is 0 Å². The number of carbonyl (C=O) groups excluding carboxylic acids is 1. The number of aromatic nitrogens is 2. The van der Waals surface area contributed by atoms with Crippen molar-refractivity contribution in [1.82, 2.24) is 9.97 Å². The standard InChI is InChI=1S/C20H18N4O4/c1-26-15-5-3-14(4-6-15)23-19(25)16-8-9-21-20(24-16)22-11-13-2-7-17-18(10-13)28-12-27-17/h2-10H,11-12H2,1H3,(H,23,25)(H,21,22,24). The Bertz CT molecular complexity index is 992. The second kappa shape index (κ2) is 7.83. The summed E-state index contributed by atoms with van der Waals surface area (Å²) < 4.78 is 15.8. The zero-order valence-electron chi connectivity index (χ0n) is 15.1. The largest absolute Gasteiger partial charge is 0.497 e. The number of hydrogen-bond donors (Lipinski definition) is 2. The highest BCUT2D eigenvalue weighted by Gasteiger charge is 2.13. The van der Waals surface area contributed by atoms with Crippen LogP contribution in [0.5, 0.6) is 17.2 Å². The predicted molar refractivity (Wildman–Crippen MR) is 103 cm³/mol. The van der Waals surface area contributed by atoms with Gasteiger partial charge in [0.25, 0.3) is 5.91 Å². The number of anilines is 2. The molecule has 1 amide bonds. The maximum absolute atomic E-state index is 12.4. The van der Waals surface area contributed by atoms with E-state index in [2.05, 4.69) is 20.6 Å². The van der Waals surface area contributed by atoms with Crippen LogP contribution in [0.2, 0.25) is 0 Å². The van der Waals surface area contributed by atoms with Crippen molar-refractivity contribution in [2.24, 2.45) is 0 Å². The third kappa shape index (κ3) is 3.96. The van der Waals surface area contributed by atoms with Gasteiger partial charge in [-0.15, -0.1) is 0 Å². The zero-order chi connectivity index (χ0) is 19.3. The maximum atomic E-state index is 12.4. The van der Waals surface area contributed by atoms with Crippen molar-refractivity contribution in [2.45, 2.75) is 6.54 Å². The average molecular weight is 378 g/mol. The molecular weight excluding hydrogens is 360 g/mol. The van der Waals surface area contributed by atoms with Gasteiger partial charge < -0.3 is 24.8 Å². The van der Waals surface area contributed by atoms with E-state index in [0.717, 1.165) is 17.1 Å². The van der Waals surface area contributed by atoms with Crippen LogP contribution in [0.15, 0.2) is 54.7 Å². The van der Waals surface area contributed by atoms with Crippen LogP contribution in [0, 0.1) is 0 Å². The summed E-state index contributed by atoms with van der Waals surface area (Å²) in [4.78, 5) is 20.9. The van der Waals surface area contributed by atoms with Crippen molar-refractivity contribution in [1.29, 1.82) is 0 Å². The van der Waals surface area contributed by atoms with Crippen LogP contribution in [-0.4, -0.2) is 29.8 Å². The first-order valence-electron chi connectivity index (χ1n) is 8.62. The lowest BCUT2D eigenvalue weighted by Crippen LogP contribution is -2.15. The lowest BCUT2D eigenvalue weighted by atomic mass is 10.2. The van der Waals surface area contributed by atoms with E-state index in [4.69, 9.17) is 14.2 Å². The third-order valence-electron chi connectivity index (χ3n) is 4.12.